The number of nitrogens with zero attached hydrogens (tertiary/aromatic N) is 5. The van der Waals surface area contributed by atoms with Crippen LogP contribution in [0.5, 0.6) is 0 Å². The van der Waals surface area contributed by atoms with Crippen LogP contribution in [0.4, 0.5) is 5.95 Å². The van der Waals surface area contributed by atoms with Gasteiger partial charge < -0.3 is 10.2 Å². The van der Waals surface area contributed by atoms with E-state index in [1.807, 2.05) is 44.2 Å². The predicted octanol–water partition coefficient (Wildman–Crippen LogP) is 2.39. The minimum Gasteiger partial charge on any atom is -0.350 e. The van der Waals surface area contributed by atoms with E-state index in [0.29, 0.717) is 24.7 Å². The van der Waals surface area contributed by atoms with Gasteiger partial charge in [0, 0.05) is 31.4 Å². The lowest BCUT2D eigenvalue weighted by molar-refractivity contribution is -0.122. The molecule has 0 atom stereocenters. The molecule has 0 fully saturated rings. The van der Waals surface area contributed by atoms with Crippen LogP contribution >= 0.6 is 0 Å². The van der Waals surface area contributed by atoms with Crippen molar-refractivity contribution in [3.8, 4) is 0 Å². The number of rotatable bonds is 5. The second-order valence-electron chi connectivity index (χ2n) is 8.53. The number of fused-ring (bicyclic) bond motifs is 2. The van der Waals surface area contributed by atoms with Crippen molar-refractivity contribution in [2.45, 2.75) is 39.9 Å². The Balaban J connectivity index is 1.39. The number of benzene rings is 2. The molecule has 0 radical (unpaired) electrons. The summed E-state index contributed by atoms with van der Waals surface area (Å²) in [6, 6.07) is 18.1. The summed E-state index contributed by atoms with van der Waals surface area (Å²) in [4.78, 5) is 32.5. The van der Waals surface area contributed by atoms with Crippen molar-refractivity contribution in [1.29, 1.82) is 0 Å². The van der Waals surface area contributed by atoms with Gasteiger partial charge in [0.25, 0.3) is 0 Å². The van der Waals surface area contributed by atoms with Crippen LogP contribution in [-0.2, 0) is 30.8 Å². The maximum absolute atomic E-state index is 13.2. The van der Waals surface area contributed by atoms with Crippen LogP contribution in [0.1, 0.15) is 27.9 Å². The van der Waals surface area contributed by atoms with E-state index >= 15 is 0 Å². The Kier molecular flexibility index (Phi) is 5.42. The number of hydrogen-bond donors (Lipinski definition) is 1. The summed E-state index contributed by atoms with van der Waals surface area (Å²) in [6.45, 7) is 5.60. The van der Waals surface area contributed by atoms with Gasteiger partial charge in [-0.15, -0.1) is 5.10 Å². The highest BCUT2D eigenvalue weighted by atomic mass is 16.2. The zero-order valence-electron chi connectivity index (χ0n) is 18.8. The standard InChI is InChI=1S/C25H26N6O2/c1-17-7-9-19(10-8-17)14-26-23(32)16-30-25(33)31-22(28-30)13-18(2)27-24(31)29-12-11-20-5-3-4-6-21(20)15-29/h3-10,13H,11-12,14-16H2,1-2H3,(H,26,32). The van der Waals surface area contributed by atoms with Crippen LogP contribution in [0.25, 0.3) is 5.65 Å². The van der Waals surface area contributed by atoms with Gasteiger partial charge in [0.2, 0.25) is 11.9 Å². The van der Waals surface area contributed by atoms with Gasteiger partial charge in [-0.25, -0.2) is 18.9 Å². The lowest BCUT2D eigenvalue weighted by Gasteiger charge is -2.29. The Hall–Kier alpha value is -3.94. The molecule has 0 aliphatic carbocycles. The fourth-order valence-corrected chi connectivity index (χ4v) is 4.21. The average molecular weight is 443 g/mol. The Labute approximate surface area is 191 Å². The van der Waals surface area contributed by atoms with Crippen molar-refractivity contribution in [1.82, 2.24) is 24.5 Å². The molecule has 1 aliphatic heterocycles. The molecule has 2 aromatic heterocycles. The molecule has 0 bridgehead atoms. The van der Waals surface area contributed by atoms with E-state index in [9.17, 15) is 9.59 Å². The zero-order valence-corrected chi connectivity index (χ0v) is 18.8. The largest absolute Gasteiger partial charge is 0.353 e. The van der Waals surface area contributed by atoms with E-state index in [1.165, 1.54) is 25.8 Å². The monoisotopic (exact) mass is 442 g/mol. The summed E-state index contributed by atoms with van der Waals surface area (Å²) in [5.74, 6) is 0.301. The highest BCUT2D eigenvalue weighted by molar-refractivity contribution is 5.75. The van der Waals surface area contributed by atoms with Gasteiger partial charge in [-0.1, -0.05) is 54.1 Å². The molecular formula is C25H26N6O2. The van der Waals surface area contributed by atoms with Gasteiger partial charge in [0.15, 0.2) is 5.65 Å². The van der Waals surface area contributed by atoms with Gasteiger partial charge in [-0.05, 0) is 37.0 Å². The summed E-state index contributed by atoms with van der Waals surface area (Å²) in [5.41, 5.74) is 5.63. The first kappa shape index (κ1) is 20.9. The smallest absolute Gasteiger partial charge is 0.350 e. The quantitative estimate of drug-likeness (QED) is 0.513. The minimum atomic E-state index is -0.364. The number of carbonyl (C=O) groups is 1. The van der Waals surface area contributed by atoms with Gasteiger partial charge in [-0.2, -0.15) is 0 Å². The summed E-state index contributed by atoms with van der Waals surface area (Å²) in [7, 11) is 0. The summed E-state index contributed by atoms with van der Waals surface area (Å²) in [6.07, 6.45) is 0.887. The Morgan fingerprint density at radius 1 is 1.06 bits per heavy atom. The van der Waals surface area contributed by atoms with E-state index in [1.54, 1.807) is 6.07 Å². The van der Waals surface area contributed by atoms with Gasteiger partial charge in [-0.3, -0.25) is 4.79 Å². The van der Waals surface area contributed by atoms with Crippen molar-refractivity contribution < 1.29 is 4.79 Å². The van der Waals surface area contributed by atoms with E-state index in [-0.39, 0.29) is 18.1 Å². The Morgan fingerprint density at radius 2 is 1.82 bits per heavy atom. The minimum absolute atomic E-state index is 0.145. The maximum Gasteiger partial charge on any atom is 0.353 e. The normalized spacial score (nSPS) is 13.2. The number of hydrogen-bond acceptors (Lipinski definition) is 5. The number of aryl methyl sites for hydroxylation is 2. The van der Waals surface area contributed by atoms with Crippen molar-refractivity contribution >= 4 is 17.5 Å². The second kappa shape index (κ2) is 8.54. The highest BCUT2D eigenvalue weighted by Gasteiger charge is 2.22. The van der Waals surface area contributed by atoms with E-state index in [4.69, 9.17) is 0 Å². The SMILES string of the molecule is Cc1ccc(CNC(=O)Cn2nc3cc(C)nc(N4CCc5ccccc5C4)n3c2=O)cc1. The first-order chi connectivity index (χ1) is 16.0. The predicted molar refractivity (Wildman–Crippen MR) is 126 cm³/mol. The van der Waals surface area contributed by atoms with Gasteiger partial charge in [0.1, 0.15) is 6.54 Å². The van der Waals surface area contributed by atoms with Crippen LogP contribution in [0.15, 0.2) is 59.4 Å². The number of nitrogens with one attached hydrogen (secondary N) is 1. The van der Waals surface area contributed by atoms with Gasteiger partial charge >= 0.3 is 5.69 Å². The van der Waals surface area contributed by atoms with Crippen LogP contribution in [-0.4, -0.2) is 31.6 Å². The van der Waals surface area contributed by atoms with Crippen molar-refractivity contribution in [2.24, 2.45) is 0 Å². The molecule has 1 aliphatic rings. The first-order valence-electron chi connectivity index (χ1n) is 11.1. The van der Waals surface area contributed by atoms with Crippen molar-refractivity contribution in [3.05, 3.63) is 93.0 Å². The topological polar surface area (TPSA) is 84.5 Å². The third-order valence-electron chi connectivity index (χ3n) is 6.00. The molecule has 168 valence electrons. The van der Waals surface area contributed by atoms with E-state index in [2.05, 4.69) is 38.5 Å². The summed E-state index contributed by atoms with van der Waals surface area (Å²) < 4.78 is 2.72. The lowest BCUT2D eigenvalue weighted by atomic mass is 10.0. The van der Waals surface area contributed by atoms with Gasteiger partial charge in [0.05, 0.1) is 0 Å². The van der Waals surface area contributed by atoms with Crippen LogP contribution in [0.2, 0.25) is 0 Å². The fraction of sp³-hybridized carbons (Fsp3) is 0.280. The maximum atomic E-state index is 13.2. The zero-order chi connectivity index (χ0) is 22.9. The Morgan fingerprint density at radius 3 is 2.61 bits per heavy atom. The molecule has 3 heterocycles. The summed E-state index contributed by atoms with van der Waals surface area (Å²) in [5, 5.41) is 7.28. The van der Waals surface area contributed by atoms with Crippen molar-refractivity contribution in [2.75, 3.05) is 11.4 Å². The molecule has 1 amide bonds. The number of anilines is 1. The molecule has 0 unspecified atom stereocenters. The molecule has 2 aromatic carbocycles. The first-order valence-corrected chi connectivity index (χ1v) is 11.1. The van der Waals surface area contributed by atoms with Crippen LogP contribution in [0, 0.1) is 13.8 Å². The van der Waals surface area contributed by atoms with E-state index < -0.39 is 0 Å². The third-order valence-corrected chi connectivity index (χ3v) is 6.00. The second-order valence-corrected chi connectivity index (χ2v) is 8.53. The Bertz CT molecular complexity index is 1390. The fourth-order valence-electron chi connectivity index (χ4n) is 4.21. The molecule has 4 aromatic rings. The number of amides is 1. The molecule has 0 saturated heterocycles. The highest BCUT2D eigenvalue weighted by Crippen LogP contribution is 2.23. The number of aromatic nitrogens is 4. The number of carbonyl (C=O) groups excluding carboxylic acids is 1. The molecule has 0 spiro atoms. The van der Waals surface area contributed by atoms with Crippen LogP contribution in [0.3, 0.4) is 0 Å². The molecule has 5 rings (SSSR count). The summed E-state index contributed by atoms with van der Waals surface area (Å²) >= 11 is 0. The molecule has 8 heteroatoms. The van der Waals surface area contributed by atoms with E-state index in [0.717, 1.165) is 24.2 Å². The third kappa shape index (κ3) is 4.24. The molecule has 33 heavy (non-hydrogen) atoms. The lowest BCUT2D eigenvalue weighted by Crippen LogP contribution is -2.36. The van der Waals surface area contributed by atoms with Crippen molar-refractivity contribution in [3.63, 3.8) is 0 Å². The average Bonchev–Trinajstić information content (AvgIpc) is 3.12. The molecule has 0 saturated carbocycles. The van der Waals surface area contributed by atoms with Crippen LogP contribution < -0.4 is 15.9 Å². The molecule has 8 nitrogen and oxygen atoms in total. The molecule has 1 N–H and O–H groups in total. The molecular weight excluding hydrogens is 416 g/mol.